The van der Waals surface area contributed by atoms with Gasteiger partial charge in [-0.15, -0.1) is 0 Å². The highest BCUT2D eigenvalue weighted by molar-refractivity contribution is 5.92. The van der Waals surface area contributed by atoms with E-state index in [1.54, 1.807) is 6.26 Å². The van der Waals surface area contributed by atoms with Crippen molar-refractivity contribution in [1.82, 2.24) is 14.6 Å². The van der Waals surface area contributed by atoms with Crippen molar-refractivity contribution in [2.45, 2.75) is 58.9 Å². The average Bonchev–Trinajstić information content (AvgIpc) is 3.56. The van der Waals surface area contributed by atoms with Gasteiger partial charge in [-0.05, 0) is 68.4 Å². The number of aryl methyl sites for hydroxylation is 2. The van der Waals surface area contributed by atoms with Gasteiger partial charge in [-0.2, -0.15) is 9.61 Å². The maximum Gasteiger partial charge on any atom is 0.166 e. The second kappa shape index (κ2) is 8.26. The molecule has 0 amide bonds. The molecule has 0 bridgehead atoms. The molecule has 0 radical (unpaired) electrons. The van der Waals surface area contributed by atoms with Crippen LogP contribution in [0.25, 0.3) is 28.2 Å². The lowest BCUT2D eigenvalue weighted by Crippen LogP contribution is -2.21. The minimum atomic E-state index is 0.374. The Morgan fingerprint density at radius 3 is 2.75 bits per heavy atom. The van der Waals surface area contributed by atoms with E-state index in [1.807, 2.05) is 41.8 Å². The zero-order valence-corrected chi connectivity index (χ0v) is 18.8. The summed E-state index contributed by atoms with van der Waals surface area (Å²) in [5.41, 5.74) is 7.64. The first-order valence-electron chi connectivity index (χ1n) is 11.5. The number of aromatic nitrogens is 3. The Balaban J connectivity index is 1.83. The van der Waals surface area contributed by atoms with Crippen LogP contribution < -0.4 is 5.32 Å². The molecule has 32 heavy (non-hydrogen) atoms. The summed E-state index contributed by atoms with van der Waals surface area (Å²) in [5.74, 6) is 1.76. The summed E-state index contributed by atoms with van der Waals surface area (Å²) in [6, 6.07) is 9.93. The zero-order valence-electron chi connectivity index (χ0n) is 18.8. The Morgan fingerprint density at radius 2 is 2.06 bits per heavy atom. The third-order valence-corrected chi connectivity index (χ3v) is 6.53. The van der Waals surface area contributed by atoms with Gasteiger partial charge in [0.1, 0.15) is 17.8 Å². The van der Waals surface area contributed by atoms with Gasteiger partial charge in [0.05, 0.1) is 11.8 Å². The number of nitrogens with one attached hydrogen (secondary N) is 1. The summed E-state index contributed by atoms with van der Waals surface area (Å²) < 4.78 is 7.75. The average molecular weight is 429 g/mol. The largest absolute Gasteiger partial charge is 0.463 e. The summed E-state index contributed by atoms with van der Waals surface area (Å²) in [6.45, 7) is 6.44. The molecule has 1 aromatic carbocycles. The van der Waals surface area contributed by atoms with E-state index in [2.05, 4.69) is 19.2 Å². The van der Waals surface area contributed by atoms with Crippen molar-refractivity contribution in [3.8, 4) is 22.6 Å². The number of rotatable bonds is 7. The van der Waals surface area contributed by atoms with Crippen LogP contribution in [0.4, 0.5) is 5.82 Å². The summed E-state index contributed by atoms with van der Waals surface area (Å²) in [6.07, 6.45) is 7.74. The standard InChI is InChI=1S/C26H28N4O2/c1-4-18(5-2)27-25-20-8-6-9-21(20)28-26-23(19-12-11-17(15-31)14-16(19)3)24(29-30(25)26)22-10-7-13-32-22/h7,10-15,18,27H,4-6,8-9H2,1-3H3. The molecule has 3 aromatic heterocycles. The minimum Gasteiger partial charge on any atom is -0.463 e. The number of anilines is 1. The van der Waals surface area contributed by atoms with E-state index in [0.29, 0.717) is 17.4 Å². The first-order chi connectivity index (χ1) is 15.6. The number of carbonyl (C=O) groups is 1. The quantitative estimate of drug-likeness (QED) is 0.373. The maximum atomic E-state index is 11.3. The van der Waals surface area contributed by atoms with Crippen molar-refractivity contribution in [2.75, 3.05) is 5.32 Å². The van der Waals surface area contributed by atoms with Crippen LogP contribution >= 0.6 is 0 Å². The molecular weight excluding hydrogens is 400 g/mol. The third kappa shape index (κ3) is 3.30. The summed E-state index contributed by atoms with van der Waals surface area (Å²) in [5, 5.41) is 8.82. The summed E-state index contributed by atoms with van der Waals surface area (Å²) in [7, 11) is 0. The number of benzene rings is 1. The highest BCUT2D eigenvalue weighted by Gasteiger charge is 2.27. The van der Waals surface area contributed by atoms with E-state index in [0.717, 1.165) is 77.9 Å². The summed E-state index contributed by atoms with van der Waals surface area (Å²) >= 11 is 0. The molecule has 0 fully saturated rings. The van der Waals surface area contributed by atoms with Gasteiger partial charge in [-0.25, -0.2) is 4.98 Å². The number of hydrogen-bond donors (Lipinski definition) is 1. The van der Waals surface area contributed by atoms with Crippen molar-refractivity contribution in [3.63, 3.8) is 0 Å². The number of fused-ring (bicyclic) bond motifs is 2. The smallest absolute Gasteiger partial charge is 0.166 e. The van der Waals surface area contributed by atoms with Gasteiger partial charge in [-0.1, -0.05) is 26.0 Å². The van der Waals surface area contributed by atoms with E-state index >= 15 is 0 Å². The second-order valence-corrected chi connectivity index (χ2v) is 8.53. The predicted molar refractivity (Wildman–Crippen MR) is 126 cm³/mol. The highest BCUT2D eigenvalue weighted by atomic mass is 16.3. The predicted octanol–water partition coefficient (Wildman–Crippen LogP) is 5.87. The number of furan rings is 1. The Bertz CT molecular complexity index is 1280. The molecule has 3 heterocycles. The molecule has 0 atom stereocenters. The second-order valence-electron chi connectivity index (χ2n) is 8.53. The van der Waals surface area contributed by atoms with Crippen molar-refractivity contribution in [1.29, 1.82) is 0 Å². The Morgan fingerprint density at radius 1 is 1.22 bits per heavy atom. The van der Waals surface area contributed by atoms with E-state index in [9.17, 15) is 4.79 Å². The Labute approximate surface area is 187 Å². The lowest BCUT2D eigenvalue weighted by molar-refractivity contribution is 0.112. The topological polar surface area (TPSA) is 72.4 Å². The minimum absolute atomic E-state index is 0.374. The number of aldehydes is 1. The fraction of sp³-hybridized carbons (Fsp3) is 0.346. The van der Waals surface area contributed by atoms with Crippen molar-refractivity contribution >= 4 is 17.8 Å². The van der Waals surface area contributed by atoms with Crippen LogP contribution in [0, 0.1) is 6.92 Å². The maximum absolute atomic E-state index is 11.3. The Kier molecular flexibility index (Phi) is 5.29. The fourth-order valence-electron chi connectivity index (χ4n) is 4.74. The lowest BCUT2D eigenvalue weighted by Gasteiger charge is -2.19. The van der Waals surface area contributed by atoms with Gasteiger partial charge in [-0.3, -0.25) is 4.79 Å². The molecule has 0 saturated carbocycles. The number of nitrogens with zero attached hydrogens (tertiary/aromatic N) is 3. The molecule has 1 N–H and O–H groups in total. The molecule has 4 aromatic rings. The molecule has 0 aliphatic heterocycles. The molecule has 0 saturated heterocycles. The van der Waals surface area contributed by atoms with E-state index in [1.165, 1.54) is 5.56 Å². The molecule has 0 unspecified atom stereocenters. The third-order valence-electron chi connectivity index (χ3n) is 6.53. The van der Waals surface area contributed by atoms with Crippen LogP contribution in [-0.4, -0.2) is 26.9 Å². The molecule has 164 valence electrons. The molecule has 6 heteroatoms. The van der Waals surface area contributed by atoms with Crippen molar-refractivity contribution < 1.29 is 9.21 Å². The number of hydrogen-bond acceptors (Lipinski definition) is 5. The van der Waals surface area contributed by atoms with Gasteiger partial charge < -0.3 is 9.73 Å². The zero-order chi connectivity index (χ0) is 22.2. The molecule has 5 rings (SSSR count). The first kappa shape index (κ1) is 20.5. The van der Waals surface area contributed by atoms with Gasteiger partial charge in [0, 0.05) is 22.9 Å². The van der Waals surface area contributed by atoms with E-state index in [4.69, 9.17) is 14.5 Å². The SMILES string of the molecule is CCC(CC)Nc1c2c(nc3c(-c4ccc(C=O)cc4C)c(-c4ccco4)nn13)CCC2. The molecular formula is C26H28N4O2. The molecule has 0 spiro atoms. The van der Waals surface area contributed by atoms with Crippen LogP contribution in [0.15, 0.2) is 41.0 Å². The van der Waals surface area contributed by atoms with Gasteiger partial charge in [0.2, 0.25) is 0 Å². The van der Waals surface area contributed by atoms with Gasteiger partial charge in [0.25, 0.3) is 0 Å². The van der Waals surface area contributed by atoms with E-state index in [-0.39, 0.29) is 0 Å². The molecule has 6 nitrogen and oxygen atoms in total. The van der Waals surface area contributed by atoms with Crippen LogP contribution in [0.5, 0.6) is 0 Å². The van der Waals surface area contributed by atoms with Crippen LogP contribution in [0.1, 0.15) is 60.3 Å². The Hall–Kier alpha value is -3.41. The van der Waals surface area contributed by atoms with E-state index < -0.39 is 0 Å². The number of carbonyl (C=O) groups excluding carboxylic acids is 1. The monoisotopic (exact) mass is 428 g/mol. The summed E-state index contributed by atoms with van der Waals surface area (Å²) in [4.78, 5) is 16.4. The fourth-order valence-corrected chi connectivity index (χ4v) is 4.74. The molecule has 1 aliphatic rings. The van der Waals surface area contributed by atoms with Crippen LogP contribution in [0.3, 0.4) is 0 Å². The van der Waals surface area contributed by atoms with Gasteiger partial charge in [0.15, 0.2) is 11.4 Å². The van der Waals surface area contributed by atoms with Crippen molar-refractivity contribution in [2.24, 2.45) is 0 Å². The van der Waals surface area contributed by atoms with Crippen LogP contribution in [-0.2, 0) is 12.8 Å². The highest BCUT2D eigenvalue weighted by Crippen LogP contribution is 2.40. The van der Waals surface area contributed by atoms with Crippen LogP contribution in [0.2, 0.25) is 0 Å². The van der Waals surface area contributed by atoms with Gasteiger partial charge >= 0.3 is 0 Å². The van der Waals surface area contributed by atoms with Crippen molar-refractivity contribution in [3.05, 3.63) is 59.0 Å². The normalized spacial score (nSPS) is 13.1. The lowest BCUT2D eigenvalue weighted by atomic mass is 9.97. The molecule has 1 aliphatic carbocycles. The first-order valence-corrected chi connectivity index (χ1v) is 11.5.